The quantitative estimate of drug-likeness (QED) is 0.0396. The van der Waals surface area contributed by atoms with Gasteiger partial charge in [0.15, 0.2) is 18.9 Å². The van der Waals surface area contributed by atoms with Crippen molar-refractivity contribution in [2.75, 3.05) is 53.0 Å². The molecule has 0 aromatic rings. The van der Waals surface area contributed by atoms with Crippen molar-refractivity contribution in [2.24, 2.45) is 46.3 Å². The van der Waals surface area contributed by atoms with Crippen LogP contribution in [0.15, 0.2) is 0 Å². The first-order valence-corrected chi connectivity index (χ1v) is 27.9. The van der Waals surface area contributed by atoms with Gasteiger partial charge in [-0.2, -0.15) is 0 Å². The van der Waals surface area contributed by atoms with E-state index in [1.165, 1.54) is 0 Å². The minimum atomic E-state index is -1.79. The van der Waals surface area contributed by atoms with Gasteiger partial charge in [0.05, 0.1) is 58.5 Å². The van der Waals surface area contributed by atoms with Gasteiger partial charge >= 0.3 is 0 Å². The maximum absolute atomic E-state index is 11.2. The van der Waals surface area contributed by atoms with E-state index in [9.17, 15) is 71.5 Å². The third-order valence-electron chi connectivity index (χ3n) is 19.5. The largest absolute Gasteiger partial charge is 0.394 e. The first-order chi connectivity index (χ1) is 36.3. The summed E-state index contributed by atoms with van der Waals surface area (Å²) in [5, 5.41) is 147. The molecule has 24 heteroatoms. The fourth-order valence-corrected chi connectivity index (χ4v) is 15.4. The summed E-state index contributed by atoms with van der Waals surface area (Å²) in [7, 11) is 0. The lowest BCUT2D eigenvalue weighted by Crippen LogP contribution is -2.65. The third-order valence-corrected chi connectivity index (χ3v) is 19.5. The first kappa shape index (κ1) is 61.1. The zero-order valence-electron chi connectivity index (χ0n) is 44.2. The van der Waals surface area contributed by atoms with Crippen molar-refractivity contribution < 1.29 is 119 Å². The van der Waals surface area contributed by atoms with E-state index in [4.69, 9.17) is 47.4 Å². The van der Waals surface area contributed by atoms with Crippen LogP contribution in [0.25, 0.3) is 0 Å². The van der Waals surface area contributed by atoms with Gasteiger partial charge in [0.2, 0.25) is 0 Å². The second-order valence-electron chi connectivity index (χ2n) is 23.6. The zero-order valence-corrected chi connectivity index (χ0v) is 44.2. The molecule has 0 amide bonds. The van der Waals surface area contributed by atoms with Crippen LogP contribution in [0.2, 0.25) is 0 Å². The highest BCUT2D eigenvalue weighted by Crippen LogP contribution is 2.69. The summed E-state index contributed by atoms with van der Waals surface area (Å²) in [4.78, 5) is 0. The number of hydrogen-bond donors (Lipinski definition) is 14. The molecule has 0 bridgehead atoms. The van der Waals surface area contributed by atoms with Gasteiger partial charge < -0.3 is 119 Å². The number of rotatable bonds is 21. The van der Waals surface area contributed by atoms with Crippen molar-refractivity contribution in [1.82, 2.24) is 0 Å². The Balaban J connectivity index is 0.914. The van der Waals surface area contributed by atoms with Crippen molar-refractivity contribution in [3.05, 3.63) is 0 Å². The number of hydrogen-bond acceptors (Lipinski definition) is 24. The zero-order chi connectivity index (χ0) is 55.0. The van der Waals surface area contributed by atoms with Crippen molar-refractivity contribution in [1.29, 1.82) is 0 Å². The predicted molar refractivity (Wildman–Crippen MR) is 259 cm³/mol. The Bertz CT molecular complexity index is 1790. The van der Waals surface area contributed by atoms with E-state index in [1.54, 1.807) is 0 Å². The Morgan fingerprint density at radius 3 is 1.67 bits per heavy atom. The lowest BCUT2D eigenvalue weighted by atomic mass is 9.43. The van der Waals surface area contributed by atoms with Gasteiger partial charge in [-0.3, -0.25) is 0 Å². The van der Waals surface area contributed by atoms with Crippen LogP contribution in [0, 0.1) is 46.3 Å². The second kappa shape index (κ2) is 26.1. The standard InChI is InChI=1S/C52H90O24/c1-5-8-23(2)25-10-11-26-35-27(16-34(52(25,26)4)68-13-14-69-48-45(66)42(63)47(32(20-56)74-48)76-50-44(65)40(61)37(58)30(18-54)73-50)51(3)12-7-6-9-24(51)15-28(35)70-22-67-21-33-38(59)41(62)46(31(19-55)71-33)75-49-43(64)39(60)36(57)29(17-53)72-49/h23-50,53-66H,5-22H2,1-4H3/t23-,24+,25-,26+,27+,28-,29?,30?,31?,32?,33+,34+,35+,36-,37-,38-,39?,40+,41?,42-,43+,44?,45?,46-,47-,48-,49-,50-,51+,52-/m1/s1. The minimum absolute atomic E-state index is 0.0175. The van der Waals surface area contributed by atoms with E-state index in [0.717, 1.165) is 64.2 Å². The van der Waals surface area contributed by atoms with Gasteiger partial charge in [0, 0.05) is 5.41 Å². The number of aliphatic hydroxyl groups is 14. The third kappa shape index (κ3) is 11.8. The highest BCUT2D eigenvalue weighted by atomic mass is 16.7. The minimum Gasteiger partial charge on any atom is -0.394 e. The number of fused-ring (bicyclic) bond motifs is 5. The first-order valence-electron chi connectivity index (χ1n) is 27.9. The van der Waals surface area contributed by atoms with Crippen molar-refractivity contribution in [3.8, 4) is 0 Å². The smallest absolute Gasteiger partial charge is 0.187 e. The molecule has 0 aromatic heterocycles. The summed E-state index contributed by atoms with van der Waals surface area (Å²) in [5.41, 5.74) is -0.253. The molecule has 0 aromatic carbocycles. The van der Waals surface area contributed by atoms with E-state index in [2.05, 4.69) is 27.7 Å². The summed E-state index contributed by atoms with van der Waals surface area (Å²) in [6.07, 6.45) is -21.0. The molecule has 4 saturated heterocycles. The highest BCUT2D eigenvalue weighted by molar-refractivity contribution is 5.15. The molecule has 8 aliphatic rings. The fraction of sp³-hybridized carbons (Fsp3) is 1.00. The predicted octanol–water partition coefficient (Wildman–Crippen LogP) is -3.26. The fourth-order valence-electron chi connectivity index (χ4n) is 15.4. The maximum atomic E-state index is 11.2. The topological polar surface area (TPSA) is 376 Å². The molecule has 8 rings (SSSR count). The summed E-state index contributed by atoms with van der Waals surface area (Å²) >= 11 is 0. The van der Waals surface area contributed by atoms with Crippen LogP contribution in [0.5, 0.6) is 0 Å². The average Bonchev–Trinajstić information content (AvgIpc) is 3.87. The van der Waals surface area contributed by atoms with Gasteiger partial charge in [0.25, 0.3) is 0 Å². The van der Waals surface area contributed by atoms with Gasteiger partial charge in [-0.1, -0.05) is 53.4 Å². The highest BCUT2D eigenvalue weighted by Gasteiger charge is 2.66. The van der Waals surface area contributed by atoms with E-state index in [1.807, 2.05) is 0 Å². The van der Waals surface area contributed by atoms with Crippen LogP contribution < -0.4 is 0 Å². The SMILES string of the molecule is CCC[C@@H](C)[C@H]1CC[C@H]2[C@@H]3[C@H](OCOC[C@@H]4OC(CO)[C@@H](O[C@H]5OC(CO)[C@@H](O)C(O)[C@@H]5O)C(O)[C@@H]4O)C[C@@H]4CCCC[C@]4(C)[C@H]3C[C@H](OCCO[C@@H]3OC(CO)[C@@H](O[C@H]4OC(CO)[C@@H](O)[C@H](O)C4O)[C@H](O)C3O)[C@]12C. The Kier molecular flexibility index (Phi) is 21.0. The summed E-state index contributed by atoms with van der Waals surface area (Å²) in [6, 6.07) is 0. The Morgan fingerprint density at radius 2 is 1.08 bits per heavy atom. The lowest BCUT2D eigenvalue weighted by molar-refractivity contribution is -0.360. The average molecular weight is 1100 g/mol. The molecular weight excluding hydrogens is 1010 g/mol. The molecule has 4 saturated carbocycles. The Hall–Kier alpha value is -0.960. The van der Waals surface area contributed by atoms with Gasteiger partial charge in [-0.05, 0) is 79.4 Å². The van der Waals surface area contributed by atoms with Crippen LogP contribution in [-0.2, 0) is 47.4 Å². The van der Waals surface area contributed by atoms with Gasteiger partial charge in [-0.25, -0.2) is 0 Å². The van der Waals surface area contributed by atoms with Crippen LogP contribution in [0.4, 0.5) is 0 Å². The maximum Gasteiger partial charge on any atom is 0.187 e. The van der Waals surface area contributed by atoms with Crippen molar-refractivity contribution in [2.45, 2.75) is 227 Å². The summed E-state index contributed by atoms with van der Waals surface area (Å²) in [6.45, 7) is 6.33. The normalized spacial score (nSPS) is 51.2. The van der Waals surface area contributed by atoms with Gasteiger partial charge in [-0.15, -0.1) is 0 Å². The number of aliphatic hydroxyl groups excluding tert-OH is 14. The molecule has 4 aliphatic heterocycles. The molecule has 442 valence electrons. The Labute approximate surface area is 444 Å². The van der Waals surface area contributed by atoms with E-state index < -0.39 is 149 Å². The van der Waals surface area contributed by atoms with Crippen LogP contribution in [0.1, 0.15) is 91.9 Å². The summed E-state index contributed by atoms with van der Waals surface area (Å²) < 4.78 is 60.2. The molecule has 76 heavy (non-hydrogen) atoms. The van der Waals surface area contributed by atoms with Crippen molar-refractivity contribution >= 4 is 0 Å². The van der Waals surface area contributed by atoms with Crippen LogP contribution in [-0.4, -0.2) is 259 Å². The molecule has 4 heterocycles. The number of ether oxygens (including phenoxy) is 10. The van der Waals surface area contributed by atoms with E-state index in [0.29, 0.717) is 17.8 Å². The molecule has 14 N–H and O–H groups in total. The summed E-state index contributed by atoms with van der Waals surface area (Å²) in [5.74, 6) is 1.75. The molecule has 8 unspecified atom stereocenters. The molecular formula is C52H90O24. The van der Waals surface area contributed by atoms with E-state index >= 15 is 0 Å². The van der Waals surface area contributed by atoms with Gasteiger partial charge in [0.1, 0.15) is 111 Å². The molecule has 4 aliphatic carbocycles. The van der Waals surface area contributed by atoms with E-state index in [-0.39, 0.29) is 67.4 Å². The molecule has 8 fully saturated rings. The molecule has 24 nitrogen and oxygen atoms in total. The second-order valence-corrected chi connectivity index (χ2v) is 23.6. The molecule has 30 atom stereocenters. The molecule has 0 radical (unpaired) electrons. The van der Waals surface area contributed by atoms with Crippen molar-refractivity contribution in [3.63, 3.8) is 0 Å². The van der Waals surface area contributed by atoms with Crippen LogP contribution in [0.3, 0.4) is 0 Å². The van der Waals surface area contributed by atoms with Crippen LogP contribution >= 0.6 is 0 Å². The lowest BCUT2D eigenvalue weighted by Gasteiger charge is -2.64. The monoisotopic (exact) mass is 1100 g/mol. The molecule has 0 spiro atoms. The Morgan fingerprint density at radius 1 is 0.539 bits per heavy atom.